The summed E-state index contributed by atoms with van der Waals surface area (Å²) in [5.41, 5.74) is 9.65. The van der Waals surface area contributed by atoms with Crippen LogP contribution in [-0.2, 0) is 6.54 Å². The van der Waals surface area contributed by atoms with E-state index in [4.69, 9.17) is 5.73 Å². The molecule has 1 rings (SSSR count). The third kappa shape index (κ3) is 3.24. The molecule has 2 heteroatoms. The van der Waals surface area contributed by atoms with E-state index in [9.17, 15) is 0 Å². The fourth-order valence-corrected chi connectivity index (χ4v) is 1.98. The van der Waals surface area contributed by atoms with E-state index in [0.29, 0.717) is 12.5 Å². The molecule has 0 atom stereocenters. The van der Waals surface area contributed by atoms with Gasteiger partial charge in [-0.2, -0.15) is 0 Å². The van der Waals surface area contributed by atoms with Gasteiger partial charge >= 0.3 is 0 Å². The minimum atomic E-state index is 0.615. The summed E-state index contributed by atoms with van der Waals surface area (Å²) in [5.74, 6) is 0.672. The van der Waals surface area contributed by atoms with Crippen molar-refractivity contribution >= 4 is 5.69 Å². The van der Waals surface area contributed by atoms with Gasteiger partial charge in [-0.25, -0.2) is 0 Å². The molecule has 0 saturated carbocycles. The zero-order chi connectivity index (χ0) is 12.1. The molecule has 2 nitrogen and oxygen atoms in total. The minimum Gasteiger partial charge on any atom is -0.371 e. The molecule has 90 valence electrons. The number of anilines is 1. The Hall–Kier alpha value is -1.02. The van der Waals surface area contributed by atoms with E-state index in [1.54, 1.807) is 0 Å². The second-order valence-corrected chi connectivity index (χ2v) is 4.77. The second-order valence-electron chi connectivity index (χ2n) is 4.77. The Labute approximate surface area is 99.5 Å². The highest BCUT2D eigenvalue weighted by Gasteiger charge is 2.10. The third-order valence-electron chi connectivity index (χ3n) is 2.77. The van der Waals surface area contributed by atoms with Crippen LogP contribution in [0.1, 0.15) is 31.9 Å². The van der Waals surface area contributed by atoms with Crippen LogP contribution in [0.2, 0.25) is 0 Å². The van der Waals surface area contributed by atoms with Crippen LogP contribution in [0.15, 0.2) is 18.2 Å². The summed E-state index contributed by atoms with van der Waals surface area (Å²) < 4.78 is 0. The van der Waals surface area contributed by atoms with Crippen LogP contribution < -0.4 is 10.6 Å². The van der Waals surface area contributed by atoms with Gasteiger partial charge in [-0.1, -0.05) is 26.0 Å². The van der Waals surface area contributed by atoms with Crippen LogP contribution in [0.25, 0.3) is 0 Å². The first-order chi connectivity index (χ1) is 7.58. The highest BCUT2D eigenvalue weighted by molar-refractivity contribution is 5.55. The molecule has 1 aromatic rings. The lowest BCUT2D eigenvalue weighted by Crippen LogP contribution is -2.28. The fraction of sp³-hybridized carbons (Fsp3) is 0.571. The average molecular weight is 220 g/mol. The van der Waals surface area contributed by atoms with Gasteiger partial charge in [0.2, 0.25) is 0 Å². The minimum absolute atomic E-state index is 0.615. The summed E-state index contributed by atoms with van der Waals surface area (Å²) in [5, 5.41) is 0. The third-order valence-corrected chi connectivity index (χ3v) is 2.77. The van der Waals surface area contributed by atoms with Crippen molar-refractivity contribution in [3.63, 3.8) is 0 Å². The Morgan fingerprint density at radius 1 is 1.31 bits per heavy atom. The molecule has 0 bridgehead atoms. The molecule has 0 spiro atoms. The maximum Gasteiger partial charge on any atom is 0.0414 e. The molecular weight excluding hydrogens is 196 g/mol. The second kappa shape index (κ2) is 5.90. The molecular formula is C14H24N2. The zero-order valence-corrected chi connectivity index (χ0v) is 11.0. The number of nitrogens with zero attached hydrogens (tertiary/aromatic N) is 1. The maximum atomic E-state index is 5.80. The first-order valence-corrected chi connectivity index (χ1v) is 6.13. The summed E-state index contributed by atoms with van der Waals surface area (Å²) in [6.45, 7) is 11.6. The zero-order valence-electron chi connectivity index (χ0n) is 11.0. The first kappa shape index (κ1) is 13.0. The Morgan fingerprint density at radius 2 is 2.00 bits per heavy atom. The summed E-state index contributed by atoms with van der Waals surface area (Å²) in [7, 11) is 0. The van der Waals surface area contributed by atoms with Gasteiger partial charge in [0, 0.05) is 25.3 Å². The molecule has 0 aliphatic carbocycles. The van der Waals surface area contributed by atoms with E-state index in [1.807, 2.05) is 0 Å². The van der Waals surface area contributed by atoms with Gasteiger partial charge < -0.3 is 10.6 Å². The molecule has 0 aromatic heterocycles. The molecule has 0 unspecified atom stereocenters. The van der Waals surface area contributed by atoms with Gasteiger partial charge in [-0.3, -0.25) is 0 Å². The van der Waals surface area contributed by atoms with Crippen LogP contribution in [0, 0.1) is 12.8 Å². The SMILES string of the molecule is CCN(CC(C)C)c1cc(C)ccc1CN. The van der Waals surface area contributed by atoms with E-state index in [-0.39, 0.29) is 0 Å². The lowest BCUT2D eigenvalue weighted by Gasteiger charge is -2.27. The van der Waals surface area contributed by atoms with Crippen LogP contribution in [0.5, 0.6) is 0 Å². The van der Waals surface area contributed by atoms with Gasteiger partial charge in [0.05, 0.1) is 0 Å². The summed E-state index contributed by atoms with van der Waals surface area (Å²) in [6, 6.07) is 6.52. The number of aryl methyl sites for hydroxylation is 1. The lowest BCUT2D eigenvalue weighted by molar-refractivity contribution is 0.617. The van der Waals surface area contributed by atoms with Crippen molar-refractivity contribution in [3.05, 3.63) is 29.3 Å². The largest absolute Gasteiger partial charge is 0.371 e. The predicted molar refractivity (Wildman–Crippen MR) is 71.8 cm³/mol. The number of hydrogen-bond acceptors (Lipinski definition) is 2. The van der Waals surface area contributed by atoms with E-state index < -0.39 is 0 Å². The Balaban J connectivity index is 3.02. The van der Waals surface area contributed by atoms with Crippen molar-refractivity contribution in [2.45, 2.75) is 34.2 Å². The van der Waals surface area contributed by atoms with Crippen molar-refractivity contribution in [1.29, 1.82) is 0 Å². The van der Waals surface area contributed by atoms with Crippen LogP contribution >= 0.6 is 0 Å². The predicted octanol–water partition coefficient (Wildman–Crippen LogP) is 2.94. The quantitative estimate of drug-likeness (QED) is 0.826. The lowest BCUT2D eigenvalue weighted by atomic mass is 10.1. The number of hydrogen-bond donors (Lipinski definition) is 1. The fourth-order valence-electron chi connectivity index (χ4n) is 1.98. The van der Waals surface area contributed by atoms with E-state index in [1.165, 1.54) is 16.8 Å². The Bertz CT molecular complexity index is 332. The Morgan fingerprint density at radius 3 is 2.50 bits per heavy atom. The van der Waals surface area contributed by atoms with E-state index in [0.717, 1.165) is 13.1 Å². The standard InChI is InChI=1S/C14H24N2/c1-5-16(10-11(2)3)14-8-12(4)6-7-13(14)9-15/h6-8,11H,5,9-10,15H2,1-4H3. The van der Waals surface area contributed by atoms with Gasteiger partial charge in [-0.15, -0.1) is 0 Å². The molecule has 16 heavy (non-hydrogen) atoms. The summed E-state index contributed by atoms with van der Waals surface area (Å²) >= 11 is 0. The normalized spacial score (nSPS) is 10.9. The van der Waals surface area contributed by atoms with E-state index in [2.05, 4.69) is 50.8 Å². The molecule has 0 aliphatic heterocycles. The molecule has 2 N–H and O–H groups in total. The maximum absolute atomic E-state index is 5.80. The summed E-state index contributed by atoms with van der Waals surface area (Å²) in [4.78, 5) is 2.42. The topological polar surface area (TPSA) is 29.3 Å². The van der Waals surface area contributed by atoms with Crippen LogP contribution in [0.4, 0.5) is 5.69 Å². The highest BCUT2D eigenvalue weighted by atomic mass is 15.1. The Kier molecular flexibility index (Phi) is 4.81. The molecule has 1 aromatic carbocycles. The average Bonchev–Trinajstić information content (AvgIpc) is 2.25. The molecule has 0 saturated heterocycles. The van der Waals surface area contributed by atoms with Gasteiger partial charge in [0.25, 0.3) is 0 Å². The number of rotatable bonds is 5. The smallest absolute Gasteiger partial charge is 0.0414 e. The van der Waals surface area contributed by atoms with Gasteiger partial charge in [0.15, 0.2) is 0 Å². The molecule has 0 heterocycles. The highest BCUT2D eigenvalue weighted by Crippen LogP contribution is 2.22. The van der Waals surface area contributed by atoms with E-state index >= 15 is 0 Å². The molecule has 0 radical (unpaired) electrons. The number of nitrogens with two attached hydrogens (primary N) is 1. The first-order valence-electron chi connectivity index (χ1n) is 6.13. The van der Waals surface area contributed by atoms with Crippen LogP contribution in [0.3, 0.4) is 0 Å². The van der Waals surface area contributed by atoms with Crippen molar-refractivity contribution in [1.82, 2.24) is 0 Å². The van der Waals surface area contributed by atoms with Crippen molar-refractivity contribution in [2.75, 3.05) is 18.0 Å². The van der Waals surface area contributed by atoms with Gasteiger partial charge in [0.1, 0.15) is 0 Å². The van der Waals surface area contributed by atoms with Gasteiger partial charge in [-0.05, 0) is 37.0 Å². The van der Waals surface area contributed by atoms with Crippen molar-refractivity contribution < 1.29 is 0 Å². The molecule has 0 fully saturated rings. The number of benzene rings is 1. The van der Waals surface area contributed by atoms with Crippen LogP contribution in [-0.4, -0.2) is 13.1 Å². The van der Waals surface area contributed by atoms with Crippen molar-refractivity contribution in [3.8, 4) is 0 Å². The monoisotopic (exact) mass is 220 g/mol. The summed E-state index contributed by atoms with van der Waals surface area (Å²) in [6.07, 6.45) is 0. The van der Waals surface area contributed by atoms with Crippen molar-refractivity contribution in [2.24, 2.45) is 11.7 Å². The molecule has 0 aliphatic rings. The molecule has 0 amide bonds.